The summed E-state index contributed by atoms with van der Waals surface area (Å²) in [6.45, 7) is 5.68. The Morgan fingerprint density at radius 2 is 2.12 bits per heavy atom. The Balaban J connectivity index is 1.32. The summed E-state index contributed by atoms with van der Waals surface area (Å²) < 4.78 is 7.15. The van der Waals surface area contributed by atoms with E-state index in [-0.39, 0.29) is 6.03 Å². The van der Waals surface area contributed by atoms with Gasteiger partial charge in [-0.2, -0.15) is 0 Å². The van der Waals surface area contributed by atoms with Gasteiger partial charge < -0.3 is 15.4 Å². The van der Waals surface area contributed by atoms with Crippen LogP contribution in [0.15, 0.2) is 37.1 Å². The zero-order valence-corrected chi connectivity index (χ0v) is 14.2. The van der Waals surface area contributed by atoms with Crippen molar-refractivity contribution in [2.24, 2.45) is 0 Å². The van der Waals surface area contributed by atoms with E-state index in [0.717, 1.165) is 50.7 Å². The Morgan fingerprint density at radius 3 is 2.84 bits per heavy atom. The van der Waals surface area contributed by atoms with Crippen molar-refractivity contribution >= 4 is 6.03 Å². The van der Waals surface area contributed by atoms with Gasteiger partial charge in [0, 0.05) is 44.8 Å². The summed E-state index contributed by atoms with van der Waals surface area (Å²) in [5.41, 5.74) is 0.951. The molecule has 2 N–H and O–H groups in total. The SMILES string of the molecule is O=C(NCCCN1CCOCC1)NCc1ccc(-n2ccnc2)nc1. The number of pyridine rings is 1. The summed E-state index contributed by atoms with van der Waals surface area (Å²) in [5, 5.41) is 5.73. The van der Waals surface area contributed by atoms with Gasteiger partial charge in [-0.15, -0.1) is 0 Å². The van der Waals surface area contributed by atoms with Gasteiger partial charge in [0.1, 0.15) is 12.1 Å². The second-order valence-corrected chi connectivity index (χ2v) is 5.91. The fourth-order valence-corrected chi connectivity index (χ4v) is 2.64. The van der Waals surface area contributed by atoms with Crippen LogP contribution < -0.4 is 10.6 Å². The molecular formula is C17H24N6O2. The molecule has 3 heterocycles. The molecule has 0 unspecified atom stereocenters. The number of morpholine rings is 1. The number of carbonyl (C=O) groups is 1. The highest BCUT2D eigenvalue weighted by Gasteiger charge is 2.09. The molecule has 0 saturated carbocycles. The van der Waals surface area contributed by atoms with Crippen LogP contribution in [0.3, 0.4) is 0 Å². The first-order valence-corrected chi connectivity index (χ1v) is 8.56. The maximum Gasteiger partial charge on any atom is 0.315 e. The van der Waals surface area contributed by atoms with Crippen molar-refractivity contribution in [3.05, 3.63) is 42.6 Å². The molecule has 134 valence electrons. The average Bonchev–Trinajstić information content (AvgIpc) is 3.20. The van der Waals surface area contributed by atoms with Crippen molar-refractivity contribution in [3.8, 4) is 5.82 Å². The van der Waals surface area contributed by atoms with Gasteiger partial charge in [0.25, 0.3) is 0 Å². The van der Waals surface area contributed by atoms with Gasteiger partial charge in [0.05, 0.1) is 13.2 Å². The molecule has 8 nitrogen and oxygen atoms in total. The monoisotopic (exact) mass is 344 g/mol. The van der Waals surface area contributed by atoms with Gasteiger partial charge in [-0.1, -0.05) is 6.07 Å². The summed E-state index contributed by atoms with van der Waals surface area (Å²) in [4.78, 5) is 22.5. The van der Waals surface area contributed by atoms with Gasteiger partial charge in [-0.05, 0) is 24.6 Å². The van der Waals surface area contributed by atoms with E-state index >= 15 is 0 Å². The highest BCUT2D eigenvalue weighted by Crippen LogP contribution is 2.05. The first-order chi connectivity index (χ1) is 12.3. The molecule has 0 atom stereocenters. The number of rotatable bonds is 7. The molecule has 25 heavy (non-hydrogen) atoms. The van der Waals surface area contributed by atoms with Crippen LogP contribution >= 0.6 is 0 Å². The summed E-state index contributed by atoms with van der Waals surface area (Å²) >= 11 is 0. The molecule has 1 aliphatic rings. The van der Waals surface area contributed by atoms with E-state index in [1.807, 2.05) is 22.9 Å². The zero-order valence-electron chi connectivity index (χ0n) is 14.2. The number of nitrogens with zero attached hydrogens (tertiary/aromatic N) is 4. The predicted octanol–water partition coefficient (Wildman–Crippen LogP) is 0.789. The van der Waals surface area contributed by atoms with Crippen molar-refractivity contribution in [2.45, 2.75) is 13.0 Å². The molecule has 2 amide bonds. The van der Waals surface area contributed by atoms with Crippen molar-refractivity contribution < 1.29 is 9.53 Å². The smallest absolute Gasteiger partial charge is 0.315 e. The third-order valence-corrected chi connectivity index (χ3v) is 4.07. The van der Waals surface area contributed by atoms with Crippen LogP contribution in [0.2, 0.25) is 0 Å². The third-order valence-electron chi connectivity index (χ3n) is 4.07. The van der Waals surface area contributed by atoms with E-state index in [2.05, 4.69) is 25.5 Å². The summed E-state index contributed by atoms with van der Waals surface area (Å²) in [7, 11) is 0. The lowest BCUT2D eigenvalue weighted by molar-refractivity contribution is 0.0375. The molecule has 0 spiro atoms. The number of imidazole rings is 1. The van der Waals surface area contributed by atoms with Gasteiger partial charge in [-0.3, -0.25) is 9.47 Å². The predicted molar refractivity (Wildman–Crippen MR) is 93.5 cm³/mol. The molecule has 0 bridgehead atoms. The number of hydrogen-bond acceptors (Lipinski definition) is 5. The number of ether oxygens (including phenoxy) is 1. The highest BCUT2D eigenvalue weighted by atomic mass is 16.5. The van der Waals surface area contributed by atoms with Crippen LogP contribution in [-0.4, -0.2) is 64.9 Å². The summed E-state index contributed by atoms with van der Waals surface area (Å²) in [6.07, 6.45) is 7.94. The van der Waals surface area contributed by atoms with E-state index in [1.54, 1.807) is 18.7 Å². The molecule has 1 fully saturated rings. The first kappa shape index (κ1) is 17.4. The minimum absolute atomic E-state index is 0.152. The van der Waals surface area contributed by atoms with Gasteiger partial charge in [0.2, 0.25) is 0 Å². The molecule has 0 aliphatic carbocycles. The first-order valence-electron chi connectivity index (χ1n) is 8.56. The lowest BCUT2D eigenvalue weighted by Crippen LogP contribution is -2.39. The Bertz CT molecular complexity index is 638. The minimum Gasteiger partial charge on any atom is -0.379 e. The average molecular weight is 344 g/mol. The Kier molecular flexibility index (Phi) is 6.35. The molecule has 1 aliphatic heterocycles. The van der Waals surface area contributed by atoms with E-state index in [9.17, 15) is 4.79 Å². The molecule has 3 rings (SSSR count). The van der Waals surface area contributed by atoms with Gasteiger partial charge in [0.15, 0.2) is 0 Å². The highest BCUT2D eigenvalue weighted by molar-refractivity contribution is 5.73. The quantitative estimate of drug-likeness (QED) is 0.726. The van der Waals surface area contributed by atoms with E-state index in [4.69, 9.17) is 4.74 Å². The number of amides is 2. The molecule has 1 saturated heterocycles. The van der Waals surface area contributed by atoms with Crippen LogP contribution in [0, 0.1) is 0 Å². The number of carbonyl (C=O) groups excluding carboxylic acids is 1. The molecule has 2 aromatic rings. The lowest BCUT2D eigenvalue weighted by atomic mass is 10.3. The number of hydrogen-bond donors (Lipinski definition) is 2. The third kappa shape index (κ3) is 5.54. The second kappa shape index (κ2) is 9.14. The van der Waals surface area contributed by atoms with Crippen molar-refractivity contribution in [1.82, 2.24) is 30.1 Å². The van der Waals surface area contributed by atoms with Crippen LogP contribution in [0.5, 0.6) is 0 Å². The van der Waals surface area contributed by atoms with Crippen LogP contribution in [-0.2, 0) is 11.3 Å². The molecule has 0 aromatic carbocycles. The molecule has 2 aromatic heterocycles. The number of nitrogens with one attached hydrogen (secondary N) is 2. The summed E-state index contributed by atoms with van der Waals surface area (Å²) in [5.74, 6) is 0.800. The van der Waals surface area contributed by atoms with E-state index < -0.39 is 0 Å². The normalized spacial score (nSPS) is 15.0. The molecular weight excluding hydrogens is 320 g/mol. The molecule has 8 heteroatoms. The van der Waals surface area contributed by atoms with Crippen LogP contribution in [0.1, 0.15) is 12.0 Å². The number of urea groups is 1. The molecule has 0 radical (unpaired) electrons. The Morgan fingerprint density at radius 1 is 1.24 bits per heavy atom. The van der Waals surface area contributed by atoms with E-state index in [1.165, 1.54) is 0 Å². The number of aromatic nitrogens is 3. The van der Waals surface area contributed by atoms with E-state index in [0.29, 0.717) is 13.1 Å². The standard InChI is InChI=1S/C17H24N6O2/c24-17(19-4-1-6-22-8-10-25-11-9-22)21-13-15-2-3-16(20-12-15)23-7-5-18-14-23/h2-3,5,7,12,14H,1,4,6,8-11,13H2,(H2,19,21,24). The van der Waals surface area contributed by atoms with Crippen LogP contribution in [0.4, 0.5) is 4.79 Å². The maximum atomic E-state index is 11.8. The fraction of sp³-hybridized carbons (Fsp3) is 0.471. The maximum absolute atomic E-state index is 11.8. The zero-order chi connectivity index (χ0) is 17.3. The van der Waals surface area contributed by atoms with Crippen molar-refractivity contribution in [1.29, 1.82) is 0 Å². The Labute approximate surface area is 147 Å². The van der Waals surface area contributed by atoms with Crippen LogP contribution in [0.25, 0.3) is 5.82 Å². The fourth-order valence-electron chi connectivity index (χ4n) is 2.64. The lowest BCUT2D eigenvalue weighted by Gasteiger charge is -2.26. The van der Waals surface area contributed by atoms with Gasteiger partial charge in [-0.25, -0.2) is 14.8 Å². The largest absolute Gasteiger partial charge is 0.379 e. The topological polar surface area (TPSA) is 84.3 Å². The Hall–Kier alpha value is -2.45. The van der Waals surface area contributed by atoms with Crippen molar-refractivity contribution in [2.75, 3.05) is 39.4 Å². The minimum atomic E-state index is -0.152. The summed E-state index contributed by atoms with van der Waals surface area (Å²) in [6, 6.07) is 3.70. The van der Waals surface area contributed by atoms with Crippen molar-refractivity contribution in [3.63, 3.8) is 0 Å². The second-order valence-electron chi connectivity index (χ2n) is 5.91. The van der Waals surface area contributed by atoms with Gasteiger partial charge >= 0.3 is 6.03 Å².